The fourth-order valence-corrected chi connectivity index (χ4v) is 3.58. The van der Waals surface area contributed by atoms with Crippen molar-refractivity contribution in [2.75, 3.05) is 29.5 Å². The van der Waals surface area contributed by atoms with Gasteiger partial charge in [-0.2, -0.15) is 0 Å². The van der Waals surface area contributed by atoms with Crippen LogP contribution in [-0.4, -0.2) is 41.0 Å². The first-order chi connectivity index (χ1) is 12.6. The van der Waals surface area contributed by atoms with Crippen LogP contribution in [0.25, 0.3) is 0 Å². The average molecular weight is 395 g/mol. The molecule has 7 nitrogen and oxygen atoms in total. The maximum atomic E-state index is 12.2. The van der Waals surface area contributed by atoms with Crippen LogP contribution < -0.4 is 10.6 Å². The van der Waals surface area contributed by atoms with E-state index in [9.17, 15) is 9.59 Å². The molecule has 0 bridgehead atoms. The first kappa shape index (κ1) is 20.2. The standard InChI is InChI=1S/C17H22N4O3S2/c1-3-5-10-18-16-20-21-17(26-16)25-11-14(22)19-13-9-7-6-8-12(13)15(23)24-4-2/h6-9H,3-5,10-11H2,1-2H3,(H,18,20)(H,19,22). The number of thioether (sulfide) groups is 1. The van der Waals surface area contributed by atoms with Crippen molar-refractivity contribution in [1.29, 1.82) is 0 Å². The van der Waals surface area contributed by atoms with E-state index in [2.05, 4.69) is 27.8 Å². The number of nitrogens with one attached hydrogen (secondary N) is 2. The van der Waals surface area contributed by atoms with E-state index in [1.165, 1.54) is 23.1 Å². The summed E-state index contributed by atoms with van der Waals surface area (Å²) in [7, 11) is 0. The normalized spacial score (nSPS) is 10.4. The van der Waals surface area contributed by atoms with Gasteiger partial charge in [-0.3, -0.25) is 4.79 Å². The molecule has 1 amide bonds. The van der Waals surface area contributed by atoms with E-state index in [0.717, 1.165) is 28.9 Å². The second-order valence-electron chi connectivity index (χ2n) is 5.26. The van der Waals surface area contributed by atoms with Crippen LogP contribution in [0, 0.1) is 0 Å². The molecule has 1 aromatic carbocycles. The summed E-state index contributed by atoms with van der Waals surface area (Å²) >= 11 is 2.73. The number of ether oxygens (including phenoxy) is 1. The lowest BCUT2D eigenvalue weighted by Gasteiger charge is -2.09. The number of amides is 1. The third-order valence-corrected chi connectivity index (χ3v) is 5.25. The van der Waals surface area contributed by atoms with Crippen LogP contribution in [0.2, 0.25) is 0 Å². The van der Waals surface area contributed by atoms with Gasteiger partial charge in [0.05, 0.1) is 23.6 Å². The van der Waals surface area contributed by atoms with E-state index in [-0.39, 0.29) is 18.3 Å². The number of para-hydroxylation sites is 1. The lowest BCUT2D eigenvalue weighted by molar-refractivity contribution is -0.113. The number of hydrogen-bond donors (Lipinski definition) is 2. The molecular formula is C17H22N4O3S2. The smallest absolute Gasteiger partial charge is 0.340 e. The minimum Gasteiger partial charge on any atom is -0.462 e. The molecule has 9 heteroatoms. The Hall–Kier alpha value is -2.13. The molecule has 0 saturated heterocycles. The first-order valence-electron chi connectivity index (χ1n) is 8.40. The number of aromatic nitrogens is 2. The second-order valence-corrected chi connectivity index (χ2v) is 7.46. The van der Waals surface area contributed by atoms with Crippen molar-refractivity contribution in [2.45, 2.75) is 31.0 Å². The molecule has 1 heterocycles. The van der Waals surface area contributed by atoms with Crippen molar-refractivity contribution in [3.8, 4) is 0 Å². The number of carbonyl (C=O) groups is 2. The molecular weight excluding hydrogens is 372 g/mol. The number of hydrogen-bond acceptors (Lipinski definition) is 8. The van der Waals surface area contributed by atoms with Gasteiger partial charge in [0.15, 0.2) is 4.34 Å². The highest BCUT2D eigenvalue weighted by atomic mass is 32.2. The number of nitrogens with zero attached hydrogens (tertiary/aromatic N) is 2. The minimum absolute atomic E-state index is 0.181. The fraction of sp³-hybridized carbons (Fsp3) is 0.412. The topological polar surface area (TPSA) is 93.2 Å². The van der Waals surface area contributed by atoms with E-state index in [1.54, 1.807) is 31.2 Å². The van der Waals surface area contributed by atoms with Gasteiger partial charge >= 0.3 is 5.97 Å². The minimum atomic E-state index is -0.456. The number of benzene rings is 1. The van der Waals surface area contributed by atoms with Gasteiger partial charge in [-0.1, -0.05) is 48.6 Å². The van der Waals surface area contributed by atoms with Crippen LogP contribution >= 0.6 is 23.1 Å². The molecule has 0 aliphatic heterocycles. The summed E-state index contributed by atoms with van der Waals surface area (Å²) in [6.07, 6.45) is 2.19. The highest BCUT2D eigenvalue weighted by Gasteiger charge is 2.14. The molecule has 0 fully saturated rings. The zero-order chi connectivity index (χ0) is 18.8. The molecule has 2 rings (SSSR count). The third-order valence-electron chi connectivity index (χ3n) is 3.24. The third kappa shape index (κ3) is 6.30. The van der Waals surface area contributed by atoms with E-state index in [4.69, 9.17) is 4.74 Å². The zero-order valence-electron chi connectivity index (χ0n) is 14.8. The number of anilines is 2. The van der Waals surface area contributed by atoms with Gasteiger partial charge in [0.1, 0.15) is 0 Å². The Bertz CT molecular complexity index is 736. The van der Waals surface area contributed by atoms with E-state index >= 15 is 0 Å². The molecule has 0 aliphatic carbocycles. The van der Waals surface area contributed by atoms with Gasteiger partial charge in [0, 0.05) is 6.54 Å². The monoisotopic (exact) mass is 394 g/mol. The largest absolute Gasteiger partial charge is 0.462 e. The predicted octanol–water partition coefficient (Wildman–Crippen LogP) is 3.66. The molecule has 0 aliphatic rings. The summed E-state index contributed by atoms with van der Waals surface area (Å²) in [6, 6.07) is 6.78. The van der Waals surface area contributed by atoms with Gasteiger partial charge in [0.2, 0.25) is 11.0 Å². The maximum absolute atomic E-state index is 12.2. The Kier molecular flexibility index (Phi) is 8.36. The van der Waals surface area contributed by atoms with Crippen molar-refractivity contribution < 1.29 is 14.3 Å². The van der Waals surface area contributed by atoms with Gasteiger partial charge in [-0.05, 0) is 25.5 Å². The Morgan fingerprint density at radius 1 is 1.23 bits per heavy atom. The molecule has 0 radical (unpaired) electrons. The summed E-state index contributed by atoms with van der Waals surface area (Å²) in [6.45, 7) is 5.01. The highest BCUT2D eigenvalue weighted by molar-refractivity contribution is 8.01. The number of carbonyl (C=O) groups excluding carboxylic acids is 2. The molecule has 1 aromatic heterocycles. The lowest BCUT2D eigenvalue weighted by atomic mass is 10.2. The van der Waals surface area contributed by atoms with Crippen molar-refractivity contribution in [3.63, 3.8) is 0 Å². The fourth-order valence-electron chi connectivity index (χ4n) is 2.00. The summed E-state index contributed by atoms with van der Waals surface area (Å²) in [5.41, 5.74) is 0.779. The summed E-state index contributed by atoms with van der Waals surface area (Å²) in [4.78, 5) is 24.1. The van der Waals surface area contributed by atoms with Crippen LogP contribution in [0.3, 0.4) is 0 Å². The maximum Gasteiger partial charge on any atom is 0.340 e. The summed E-state index contributed by atoms with van der Waals surface area (Å²) in [5.74, 6) is -0.494. The first-order valence-corrected chi connectivity index (χ1v) is 10.2. The average Bonchev–Trinajstić information content (AvgIpc) is 3.09. The summed E-state index contributed by atoms with van der Waals surface area (Å²) in [5, 5.41) is 14.8. The Morgan fingerprint density at radius 3 is 2.81 bits per heavy atom. The molecule has 26 heavy (non-hydrogen) atoms. The van der Waals surface area contributed by atoms with E-state index in [1.807, 2.05) is 0 Å². The Balaban J connectivity index is 1.87. The molecule has 0 spiro atoms. The predicted molar refractivity (Wildman–Crippen MR) is 105 cm³/mol. The molecule has 2 N–H and O–H groups in total. The Labute approximate surface area is 160 Å². The van der Waals surface area contributed by atoms with Crippen molar-refractivity contribution in [1.82, 2.24) is 10.2 Å². The molecule has 0 atom stereocenters. The quantitative estimate of drug-likeness (QED) is 0.361. The van der Waals surface area contributed by atoms with Gasteiger partial charge in [-0.25, -0.2) is 4.79 Å². The second kappa shape index (κ2) is 10.8. The Morgan fingerprint density at radius 2 is 2.04 bits per heavy atom. The molecule has 2 aromatic rings. The van der Waals surface area contributed by atoms with Crippen LogP contribution in [0.4, 0.5) is 10.8 Å². The molecule has 0 saturated carbocycles. The van der Waals surface area contributed by atoms with E-state index in [0.29, 0.717) is 11.3 Å². The zero-order valence-corrected chi connectivity index (χ0v) is 16.4. The van der Waals surface area contributed by atoms with Crippen molar-refractivity contribution >= 4 is 45.8 Å². The SMILES string of the molecule is CCCCNc1nnc(SCC(=O)Nc2ccccc2C(=O)OCC)s1. The van der Waals surface area contributed by atoms with Crippen molar-refractivity contribution in [3.05, 3.63) is 29.8 Å². The number of esters is 1. The summed E-state index contributed by atoms with van der Waals surface area (Å²) < 4.78 is 5.72. The van der Waals surface area contributed by atoms with Crippen LogP contribution in [0.15, 0.2) is 28.6 Å². The van der Waals surface area contributed by atoms with Crippen LogP contribution in [0.5, 0.6) is 0 Å². The van der Waals surface area contributed by atoms with Crippen LogP contribution in [-0.2, 0) is 9.53 Å². The van der Waals surface area contributed by atoms with Crippen molar-refractivity contribution in [2.24, 2.45) is 0 Å². The van der Waals surface area contributed by atoms with Gasteiger partial charge in [-0.15, -0.1) is 10.2 Å². The van der Waals surface area contributed by atoms with Crippen LogP contribution in [0.1, 0.15) is 37.0 Å². The lowest BCUT2D eigenvalue weighted by Crippen LogP contribution is -2.17. The van der Waals surface area contributed by atoms with E-state index < -0.39 is 5.97 Å². The van der Waals surface area contributed by atoms with Gasteiger partial charge in [0.25, 0.3) is 0 Å². The molecule has 140 valence electrons. The highest BCUT2D eigenvalue weighted by Crippen LogP contribution is 2.26. The number of rotatable bonds is 10. The van der Waals surface area contributed by atoms with Gasteiger partial charge < -0.3 is 15.4 Å². The molecule has 0 unspecified atom stereocenters. The number of unbranched alkanes of at least 4 members (excludes halogenated alkanes) is 1.